The second-order valence-corrected chi connectivity index (χ2v) is 16.2. The number of hydrogen-bond acceptors (Lipinski definition) is 11. The highest BCUT2D eigenvalue weighted by atomic mass is 32.1. The van der Waals surface area contributed by atoms with Crippen LogP contribution in [-0.4, -0.2) is 123 Å². The Morgan fingerprint density at radius 2 is 1.73 bits per heavy atom. The van der Waals surface area contributed by atoms with Crippen molar-refractivity contribution in [2.45, 2.75) is 110 Å². The van der Waals surface area contributed by atoms with Crippen molar-refractivity contribution in [2.24, 2.45) is 17.8 Å². The first-order valence-electron chi connectivity index (χ1n) is 19.8. The Balaban J connectivity index is 1.89. The van der Waals surface area contributed by atoms with E-state index in [-0.39, 0.29) is 54.6 Å². The fourth-order valence-corrected chi connectivity index (χ4v) is 7.94. The molecule has 1 aliphatic heterocycles. The number of amides is 3. The van der Waals surface area contributed by atoms with Gasteiger partial charge in [0.15, 0.2) is 0 Å². The van der Waals surface area contributed by atoms with E-state index in [1.165, 1.54) is 18.4 Å². The van der Waals surface area contributed by atoms with Crippen molar-refractivity contribution >= 4 is 35.0 Å². The van der Waals surface area contributed by atoms with Crippen molar-refractivity contribution in [3.05, 3.63) is 45.9 Å². The molecule has 56 heavy (non-hydrogen) atoms. The standard InChI is InChI=1S/C41H65N5O9S/c1-10-27(4)36(44-38(48)33-13-11-12-18-45(33)6)40(49)46(19-20-52-7)34(26(2)3)23-35(55-25-53-8)39-43-32(24-56-39)37(47)42-30(21-28(5)41(50)51)22-29-14-16-31(54-9)17-15-29/h14-17,24,26-28,30,33-36H,10-13,18-23,25H2,1-9H3,(H,42,47)(H,44,48)(H,50,51). The molecular weight excluding hydrogens is 739 g/mol. The molecule has 1 aromatic heterocycles. The molecule has 1 aliphatic rings. The summed E-state index contributed by atoms with van der Waals surface area (Å²) in [7, 11) is 6.66. The smallest absolute Gasteiger partial charge is 0.306 e. The molecule has 3 amide bonds. The molecule has 1 aromatic carbocycles. The zero-order valence-electron chi connectivity index (χ0n) is 34.7. The maximum atomic E-state index is 14.7. The molecule has 0 bridgehead atoms. The van der Waals surface area contributed by atoms with Gasteiger partial charge in [0.05, 0.1) is 25.7 Å². The summed E-state index contributed by atoms with van der Waals surface area (Å²) in [5.74, 6) is -1.81. The van der Waals surface area contributed by atoms with Crippen LogP contribution in [-0.2, 0) is 35.0 Å². The van der Waals surface area contributed by atoms with Gasteiger partial charge in [0, 0.05) is 44.6 Å². The van der Waals surface area contributed by atoms with Gasteiger partial charge in [-0.05, 0) is 68.8 Å². The molecule has 0 spiro atoms. The lowest BCUT2D eigenvalue weighted by Gasteiger charge is -2.40. The summed E-state index contributed by atoms with van der Waals surface area (Å²) in [6.07, 6.45) is 3.81. The highest BCUT2D eigenvalue weighted by Crippen LogP contribution is 2.32. The highest BCUT2D eigenvalue weighted by molar-refractivity contribution is 7.09. The third-order valence-corrected chi connectivity index (χ3v) is 11.7. The van der Waals surface area contributed by atoms with Crippen LogP contribution < -0.4 is 15.4 Å². The molecule has 0 aliphatic carbocycles. The minimum Gasteiger partial charge on any atom is -0.497 e. The van der Waals surface area contributed by atoms with Crippen molar-refractivity contribution in [1.82, 2.24) is 25.4 Å². The first kappa shape index (κ1) is 46.8. The Labute approximate surface area is 337 Å². The summed E-state index contributed by atoms with van der Waals surface area (Å²) in [5.41, 5.74) is 1.10. The monoisotopic (exact) mass is 803 g/mol. The topological polar surface area (TPSA) is 169 Å². The van der Waals surface area contributed by atoms with Crippen LogP contribution in [0.2, 0.25) is 0 Å². The van der Waals surface area contributed by atoms with Crippen molar-refractivity contribution in [2.75, 3.05) is 54.9 Å². The van der Waals surface area contributed by atoms with Crippen molar-refractivity contribution in [3.63, 3.8) is 0 Å². The molecule has 2 heterocycles. The van der Waals surface area contributed by atoms with Gasteiger partial charge in [-0.1, -0.05) is 59.6 Å². The number of carbonyl (C=O) groups excluding carboxylic acids is 3. The molecule has 1 fully saturated rings. The van der Waals surface area contributed by atoms with Crippen LogP contribution in [0.15, 0.2) is 29.6 Å². The summed E-state index contributed by atoms with van der Waals surface area (Å²) >= 11 is 1.27. The van der Waals surface area contributed by atoms with Crippen LogP contribution in [0.5, 0.6) is 5.75 Å². The molecule has 1 saturated heterocycles. The molecule has 314 valence electrons. The number of hydrogen-bond donors (Lipinski definition) is 3. The van der Waals surface area contributed by atoms with Crippen LogP contribution in [0.1, 0.15) is 100 Å². The van der Waals surface area contributed by atoms with E-state index >= 15 is 0 Å². The molecular formula is C41H65N5O9S. The number of aromatic nitrogens is 1. The number of nitrogens with one attached hydrogen (secondary N) is 2. The van der Waals surface area contributed by atoms with Gasteiger partial charge in [-0.3, -0.25) is 24.1 Å². The van der Waals surface area contributed by atoms with E-state index in [0.29, 0.717) is 43.2 Å². The van der Waals surface area contributed by atoms with Crippen LogP contribution in [0.4, 0.5) is 0 Å². The van der Waals surface area contributed by atoms with Crippen LogP contribution >= 0.6 is 11.3 Å². The minimum absolute atomic E-state index is 0.0279. The molecule has 3 N–H and O–H groups in total. The second-order valence-electron chi connectivity index (χ2n) is 15.3. The number of piperidine rings is 1. The normalized spacial score (nSPS) is 18.0. The first-order valence-corrected chi connectivity index (χ1v) is 20.6. The molecule has 0 radical (unpaired) electrons. The average molecular weight is 804 g/mol. The summed E-state index contributed by atoms with van der Waals surface area (Å²) in [4.78, 5) is 62.4. The summed E-state index contributed by atoms with van der Waals surface area (Å²) in [6.45, 7) is 11.1. The maximum Gasteiger partial charge on any atom is 0.306 e. The van der Waals surface area contributed by atoms with Gasteiger partial charge in [0.25, 0.3) is 5.91 Å². The van der Waals surface area contributed by atoms with Crippen molar-refractivity contribution in [1.29, 1.82) is 0 Å². The molecule has 15 heteroatoms. The molecule has 7 unspecified atom stereocenters. The Hall–Kier alpha value is -3.63. The number of methoxy groups -OCH3 is 3. The number of carboxylic acid groups (broad SMARTS) is 1. The first-order chi connectivity index (χ1) is 26.7. The largest absolute Gasteiger partial charge is 0.497 e. The van der Waals surface area contributed by atoms with Gasteiger partial charge in [-0.15, -0.1) is 11.3 Å². The van der Waals surface area contributed by atoms with Gasteiger partial charge in [0.2, 0.25) is 11.8 Å². The highest BCUT2D eigenvalue weighted by Gasteiger charge is 2.38. The Morgan fingerprint density at radius 3 is 2.32 bits per heavy atom. The number of carbonyl (C=O) groups is 4. The zero-order valence-corrected chi connectivity index (χ0v) is 35.6. The lowest BCUT2D eigenvalue weighted by atomic mass is 9.92. The predicted molar refractivity (Wildman–Crippen MR) is 216 cm³/mol. The maximum absolute atomic E-state index is 14.7. The van der Waals surface area contributed by atoms with E-state index in [1.54, 1.807) is 26.5 Å². The molecule has 7 atom stereocenters. The Morgan fingerprint density at radius 1 is 1.02 bits per heavy atom. The minimum atomic E-state index is -0.944. The quantitative estimate of drug-likeness (QED) is 0.120. The van der Waals surface area contributed by atoms with E-state index in [2.05, 4.69) is 15.5 Å². The van der Waals surface area contributed by atoms with Crippen LogP contribution in [0.3, 0.4) is 0 Å². The second kappa shape index (κ2) is 23.6. The van der Waals surface area contributed by atoms with E-state index < -0.39 is 36.0 Å². The summed E-state index contributed by atoms with van der Waals surface area (Å²) in [5, 5.41) is 18.0. The number of carboxylic acids is 1. The molecule has 2 aromatic rings. The van der Waals surface area contributed by atoms with E-state index in [4.69, 9.17) is 23.9 Å². The number of benzene rings is 1. The third kappa shape index (κ3) is 13.8. The molecule has 14 nitrogen and oxygen atoms in total. The van der Waals surface area contributed by atoms with Gasteiger partial charge in [-0.25, -0.2) is 4.98 Å². The predicted octanol–water partition coefficient (Wildman–Crippen LogP) is 5.17. The average Bonchev–Trinajstić information content (AvgIpc) is 3.68. The lowest BCUT2D eigenvalue weighted by Crippen LogP contribution is -2.59. The number of nitrogens with zero attached hydrogens (tertiary/aromatic N) is 3. The number of thiazole rings is 1. The third-order valence-electron chi connectivity index (χ3n) is 10.7. The number of rotatable bonds is 24. The van der Waals surface area contributed by atoms with Gasteiger partial charge >= 0.3 is 5.97 Å². The molecule has 0 saturated carbocycles. The molecule has 3 rings (SSSR count). The Bertz CT molecular complexity index is 1520. The van der Waals surface area contributed by atoms with Gasteiger partial charge < -0.3 is 39.6 Å². The fraction of sp³-hybridized carbons (Fsp3) is 0.683. The van der Waals surface area contributed by atoms with Crippen LogP contribution in [0, 0.1) is 17.8 Å². The lowest BCUT2D eigenvalue weighted by molar-refractivity contribution is -0.144. The number of aliphatic carboxylic acids is 1. The van der Waals surface area contributed by atoms with Crippen LogP contribution in [0.25, 0.3) is 0 Å². The summed E-state index contributed by atoms with van der Waals surface area (Å²) in [6, 6.07) is 5.59. The van der Waals surface area contributed by atoms with Gasteiger partial charge in [-0.2, -0.15) is 0 Å². The SMILES string of the molecule is CCC(C)C(NC(=O)C1CCCCN1C)C(=O)N(CCOC)C(CC(OCOC)c1nc(C(=O)NC(Cc2ccc(OC)cc2)CC(C)C(=O)O)cs1)C(C)C. The van der Waals surface area contributed by atoms with E-state index in [0.717, 1.165) is 31.4 Å². The zero-order chi connectivity index (χ0) is 41.4. The number of likely N-dealkylation sites (N-methyl/N-ethyl adjacent to an activating group) is 1. The van der Waals surface area contributed by atoms with E-state index in [9.17, 15) is 24.3 Å². The fourth-order valence-electron chi connectivity index (χ4n) is 7.08. The number of likely N-dealkylation sites (tertiary alicyclic amines) is 1. The summed E-state index contributed by atoms with van der Waals surface area (Å²) < 4.78 is 22.3. The van der Waals surface area contributed by atoms with Crippen molar-refractivity contribution < 1.29 is 43.2 Å². The van der Waals surface area contributed by atoms with E-state index in [1.807, 2.05) is 63.9 Å². The Kier molecular flexibility index (Phi) is 19.7. The number of ether oxygens (including phenoxy) is 4. The van der Waals surface area contributed by atoms with Gasteiger partial charge in [0.1, 0.15) is 35.4 Å². The van der Waals surface area contributed by atoms with Crippen molar-refractivity contribution in [3.8, 4) is 5.75 Å².